The number of carbonyl (C=O) groups excluding carboxylic acids is 1. The summed E-state index contributed by atoms with van der Waals surface area (Å²) in [6, 6.07) is 20.3. The molecule has 0 saturated heterocycles. The molecule has 3 rings (SSSR count). The molecule has 0 radical (unpaired) electrons. The van der Waals surface area contributed by atoms with Gasteiger partial charge < -0.3 is 15.2 Å². The van der Waals surface area contributed by atoms with Crippen molar-refractivity contribution in [2.75, 3.05) is 0 Å². The number of carbonyl (C=O) groups is 1. The Morgan fingerprint density at radius 1 is 0.960 bits per heavy atom. The first-order valence-electron chi connectivity index (χ1n) is 7.90. The number of para-hydroxylation sites is 1. The van der Waals surface area contributed by atoms with Gasteiger partial charge in [-0.05, 0) is 17.7 Å². The van der Waals surface area contributed by atoms with Crippen LogP contribution in [0.1, 0.15) is 21.6 Å². The maximum Gasteiger partial charge on any atom is 0.344 e. The second kappa shape index (κ2) is 8.08. The van der Waals surface area contributed by atoms with E-state index < -0.39 is 5.97 Å². The van der Waals surface area contributed by atoms with E-state index >= 15 is 0 Å². The van der Waals surface area contributed by atoms with Crippen molar-refractivity contribution in [1.29, 1.82) is 0 Å². The normalized spacial score (nSPS) is 10.3. The van der Waals surface area contributed by atoms with Crippen LogP contribution in [0.2, 0.25) is 0 Å². The molecule has 0 aliphatic carbocycles. The van der Waals surface area contributed by atoms with E-state index in [0.29, 0.717) is 17.2 Å². The molecular formula is C20H18N2O3. The monoisotopic (exact) mass is 334 g/mol. The fourth-order valence-corrected chi connectivity index (χ4v) is 2.35. The molecule has 1 aromatic heterocycles. The summed E-state index contributed by atoms with van der Waals surface area (Å²) in [5.41, 5.74) is 7.33. The van der Waals surface area contributed by atoms with Gasteiger partial charge in [0.15, 0.2) is 0 Å². The van der Waals surface area contributed by atoms with Crippen LogP contribution in [-0.2, 0) is 17.9 Å². The Morgan fingerprint density at radius 3 is 2.32 bits per heavy atom. The van der Waals surface area contributed by atoms with Crippen molar-refractivity contribution in [3.63, 3.8) is 0 Å². The second-order valence-electron chi connectivity index (χ2n) is 5.31. The van der Waals surface area contributed by atoms with Crippen LogP contribution in [0.15, 0.2) is 72.9 Å². The molecule has 0 saturated carbocycles. The minimum Gasteiger partial charge on any atom is -0.457 e. The quantitative estimate of drug-likeness (QED) is 0.696. The third-order valence-corrected chi connectivity index (χ3v) is 3.57. The van der Waals surface area contributed by atoms with Gasteiger partial charge in [0.05, 0.1) is 5.69 Å². The highest BCUT2D eigenvalue weighted by atomic mass is 16.5. The highest BCUT2D eigenvalue weighted by molar-refractivity contribution is 5.93. The maximum absolute atomic E-state index is 12.6. The second-order valence-corrected chi connectivity index (χ2v) is 5.31. The van der Waals surface area contributed by atoms with Gasteiger partial charge in [0, 0.05) is 18.8 Å². The molecule has 5 heteroatoms. The molecular weight excluding hydrogens is 316 g/mol. The predicted octanol–water partition coefficient (Wildman–Crippen LogP) is 3.69. The zero-order chi connectivity index (χ0) is 17.5. The summed E-state index contributed by atoms with van der Waals surface area (Å²) in [7, 11) is 0. The highest BCUT2D eigenvalue weighted by Gasteiger charge is 2.20. The van der Waals surface area contributed by atoms with Gasteiger partial charge in [0.25, 0.3) is 0 Å². The first-order chi connectivity index (χ1) is 12.3. The molecule has 0 aliphatic rings. The summed E-state index contributed by atoms with van der Waals surface area (Å²) in [4.78, 5) is 16.8. The minimum atomic E-state index is -0.511. The molecule has 0 unspecified atom stereocenters. The van der Waals surface area contributed by atoms with E-state index in [1.165, 1.54) is 0 Å². The third kappa shape index (κ3) is 4.22. The molecule has 126 valence electrons. The fraction of sp³-hybridized carbons (Fsp3) is 0.100. The zero-order valence-electron chi connectivity index (χ0n) is 13.6. The molecule has 5 nitrogen and oxygen atoms in total. The van der Waals surface area contributed by atoms with Gasteiger partial charge in [-0.3, -0.25) is 4.98 Å². The number of nitrogens with zero attached hydrogens (tertiary/aromatic N) is 1. The lowest BCUT2D eigenvalue weighted by Crippen LogP contribution is -2.14. The van der Waals surface area contributed by atoms with Crippen molar-refractivity contribution in [3.8, 4) is 11.5 Å². The van der Waals surface area contributed by atoms with Crippen molar-refractivity contribution in [2.24, 2.45) is 5.73 Å². The number of pyridine rings is 1. The Kier molecular flexibility index (Phi) is 5.39. The van der Waals surface area contributed by atoms with Gasteiger partial charge in [-0.1, -0.05) is 48.5 Å². The largest absolute Gasteiger partial charge is 0.457 e. The number of hydrogen-bond donors (Lipinski definition) is 1. The first kappa shape index (κ1) is 16.7. The van der Waals surface area contributed by atoms with Gasteiger partial charge in [0.1, 0.15) is 23.7 Å². The van der Waals surface area contributed by atoms with Crippen LogP contribution < -0.4 is 10.5 Å². The van der Waals surface area contributed by atoms with E-state index in [1.807, 2.05) is 60.7 Å². The number of rotatable bonds is 6. The van der Waals surface area contributed by atoms with Gasteiger partial charge in [-0.25, -0.2) is 4.79 Å². The van der Waals surface area contributed by atoms with Crippen LogP contribution in [0, 0.1) is 0 Å². The van der Waals surface area contributed by atoms with E-state index in [1.54, 1.807) is 12.3 Å². The summed E-state index contributed by atoms with van der Waals surface area (Å²) in [6.07, 6.45) is 1.56. The summed E-state index contributed by atoms with van der Waals surface area (Å²) in [5, 5.41) is 0. The van der Waals surface area contributed by atoms with Gasteiger partial charge >= 0.3 is 5.97 Å². The lowest BCUT2D eigenvalue weighted by Gasteiger charge is -2.13. The summed E-state index contributed by atoms with van der Waals surface area (Å²) in [6.45, 7) is 0.283. The molecule has 0 fully saturated rings. The molecule has 3 aromatic rings. The maximum atomic E-state index is 12.6. The molecule has 0 aliphatic heterocycles. The summed E-state index contributed by atoms with van der Waals surface area (Å²) >= 11 is 0. The van der Waals surface area contributed by atoms with E-state index in [4.69, 9.17) is 15.2 Å². The van der Waals surface area contributed by atoms with Crippen LogP contribution in [0.25, 0.3) is 0 Å². The standard InChI is InChI=1S/C20H18N2O3/c21-13-17-19(20(23)24-14-15-7-3-1-4-8-15)18(11-12-22-17)25-16-9-5-2-6-10-16/h1-12H,13-14,21H2. The van der Waals surface area contributed by atoms with E-state index in [-0.39, 0.29) is 18.7 Å². The number of benzene rings is 2. The van der Waals surface area contributed by atoms with Gasteiger partial charge in [0.2, 0.25) is 0 Å². The SMILES string of the molecule is NCc1nccc(Oc2ccccc2)c1C(=O)OCc1ccccc1. The Morgan fingerprint density at radius 2 is 1.64 bits per heavy atom. The van der Waals surface area contributed by atoms with Crippen LogP contribution in [-0.4, -0.2) is 11.0 Å². The first-order valence-corrected chi connectivity index (χ1v) is 7.90. The lowest BCUT2D eigenvalue weighted by atomic mass is 10.1. The topological polar surface area (TPSA) is 74.4 Å². The molecule has 2 aromatic carbocycles. The van der Waals surface area contributed by atoms with E-state index in [2.05, 4.69) is 4.98 Å². The molecule has 0 spiro atoms. The van der Waals surface area contributed by atoms with Crippen molar-refractivity contribution in [3.05, 3.63) is 89.7 Å². The van der Waals surface area contributed by atoms with Crippen molar-refractivity contribution < 1.29 is 14.3 Å². The Balaban J connectivity index is 1.84. The average Bonchev–Trinajstić information content (AvgIpc) is 2.67. The highest BCUT2D eigenvalue weighted by Crippen LogP contribution is 2.27. The van der Waals surface area contributed by atoms with Crippen LogP contribution in [0.3, 0.4) is 0 Å². The molecule has 0 bridgehead atoms. The Bertz CT molecular complexity index is 836. The van der Waals surface area contributed by atoms with Crippen molar-refractivity contribution in [1.82, 2.24) is 4.98 Å². The Hall–Kier alpha value is -3.18. The van der Waals surface area contributed by atoms with Gasteiger partial charge in [-0.2, -0.15) is 0 Å². The molecule has 0 atom stereocenters. The molecule has 2 N–H and O–H groups in total. The van der Waals surface area contributed by atoms with E-state index in [9.17, 15) is 4.79 Å². The minimum absolute atomic E-state index is 0.113. The summed E-state index contributed by atoms with van der Waals surface area (Å²) in [5.74, 6) is 0.483. The number of ether oxygens (including phenoxy) is 2. The van der Waals surface area contributed by atoms with Crippen LogP contribution >= 0.6 is 0 Å². The number of aromatic nitrogens is 1. The van der Waals surface area contributed by atoms with Crippen LogP contribution in [0.4, 0.5) is 0 Å². The lowest BCUT2D eigenvalue weighted by molar-refractivity contribution is 0.0468. The average molecular weight is 334 g/mol. The third-order valence-electron chi connectivity index (χ3n) is 3.57. The molecule has 25 heavy (non-hydrogen) atoms. The van der Waals surface area contributed by atoms with E-state index in [0.717, 1.165) is 5.56 Å². The smallest absolute Gasteiger partial charge is 0.344 e. The van der Waals surface area contributed by atoms with Crippen LogP contribution in [0.5, 0.6) is 11.5 Å². The van der Waals surface area contributed by atoms with Gasteiger partial charge in [-0.15, -0.1) is 0 Å². The number of nitrogens with two attached hydrogens (primary N) is 1. The van der Waals surface area contributed by atoms with Crippen molar-refractivity contribution in [2.45, 2.75) is 13.2 Å². The fourth-order valence-electron chi connectivity index (χ4n) is 2.35. The Labute approximate surface area is 146 Å². The number of esters is 1. The predicted molar refractivity (Wildman–Crippen MR) is 94.2 cm³/mol. The zero-order valence-corrected chi connectivity index (χ0v) is 13.6. The van der Waals surface area contributed by atoms with Crippen molar-refractivity contribution >= 4 is 5.97 Å². The number of hydrogen-bond acceptors (Lipinski definition) is 5. The summed E-state index contributed by atoms with van der Waals surface area (Å²) < 4.78 is 11.2. The molecule has 1 heterocycles. The molecule has 0 amide bonds.